The van der Waals surface area contributed by atoms with Crippen LogP contribution in [-0.2, 0) is 16.1 Å². The number of carbonyl (C=O) groups excluding carboxylic acids is 1. The Balaban J connectivity index is 2.21. The van der Waals surface area contributed by atoms with Crippen LogP contribution >= 0.6 is 11.8 Å². The van der Waals surface area contributed by atoms with Crippen LogP contribution in [0, 0.1) is 5.41 Å². The number of rotatable bonds is 9. The molecule has 2 heterocycles. The molecule has 0 bridgehead atoms. The Hall–Kier alpha value is -1.87. The fourth-order valence-electron chi connectivity index (χ4n) is 2.31. The zero-order chi connectivity index (χ0) is 20.0. The van der Waals surface area contributed by atoms with Crippen molar-refractivity contribution < 1.29 is 9.53 Å². The Kier molecular flexibility index (Phi) is 7.43. The Morgan fingerprint density at radius 3 is 2.67 bits per heavy atom. The molecule has 2 aromatic heterocycles. The summed E-state index contributed by atoms with van der Waals surface area (Å²) in [6.45, 7) is 12.2. The number of anilines is 1. The topological polar surface area (TPSA) is 94.0 Å². The van der Waals surface area contributed by atoms with Crippen LogP contribution in [0.4, 0.5) is 5.82 Å². The van der Waals surface area contributed by atoms with Gasteiger partial charge in [-0.1, -0.05) is 46.4 Å². The maximum Gasteiger partial charge on any atom is 0.225 e. The van der Waals surface area contributed by atoms with E-state index in [-0.39, 0.29) is 5.91 Å². The second-order valence-corrected chi connectivity index (χ2v) is 9.10. The van der Waals surface area contributed by atoms with Gasteiger partial charge in [-0.05, 0) is 0 Å². The average molecular weight is 395 g/mol. The second-order valence-electron chi connectivity index (χ2n) is 7.55. The van der Waals surface area contributed by atoms with Gasteiger partial charge >= 0.3 is 0 Å². The molecule has 0 spiro atoms. The average Bonchev–Trinajstić information content (AvgIpc) is 2.97. The van der Waals surface area contributed by atoms with Crippen molar-refractivity contribution in [3.05, 3.63) is 6.20 Å². The molecule has 0 aliphatic heterocycles. The van der Waals surface area contributed by atoms with Crippen molar-refractivity contribution in [2.45, 2.75) is 51.6 Å². The van der Waals surface area contributed by atoms with Gasteiger partial charge in [0.05, 0.1) is 24.7 Å². The lowest BCUT2D eigenvalue weighted by atomic mass is 9.96. The molecule has 27 heavy (non-hydrogen) atoms. The Labute approximate surface area is 164 Å². The number of amides is 1. The van der Waals surface area contributed by atoms with Crippen LogP contribution in [0.5, 0.6) is 0 Å². The lowest BCUT2D eigenvalue weighted by Crippen LogP contribution is -2.36. The number of nitrogens with zero attached hydrogens (tertiary/aromatic N) is 4. The van der Waals surface area contributed by atoms with Gasteiger partial charge in [0.2, 0.25) is 5.91 Å². The Morgan fingerprint density at radius 1 is 1.30 bits per heavy atom. The van der Waals surface area contributed by atoms with Crippen molar-refractivity contribution in [1.82, 2.24) is 25.1 Å². The first-order chi connectivity index (χ1) is 12.7. The smallest absolute Gasteiger partial charge is 0.225 e. The van der Waals surface area contributed by atoms with Crippen molar-refractivity contribution in [1.29, 1.82) is 0 Å². The molecule has 0 unspecified atom stereocenters. The minimum Gasteiger partial charge on any atom is -0.383 e. The van der Waals surface area contributed by atoms with E-state index in [0.29, 0.717) is 36.6 Å². The number of carbonyl (C=O) groups is 1. The normalized spacial score (nSPS) is 12.0. The van der Waals surface area contributed by atoms with Crippen molar-refractivity contribution in [2.24, 2.45) is 5.41 Å². The zero-order valence-electron chi connectivity index (χ0n) is 17.0. The van der Waals surface area contributed by atoms with Gasteiger partial charge in [-0.15, -0.1) is 0 Å². The Morgan fingerprint density at radius 2 is 2.04 bits per heavy atom. The molecule has 150 valence electrons. The summed E-state index contributed by atoms with van der Waals surface area (Å²) in [5.74, 6) is 0.775. The number of hydrogen-bond acceptors (Lipinski definition) is 7. The highest BCUT2D eigenvalue weighted by atomic mass is 32.2. The maximum absolute atomic E-state index is 12.0. The highest BCUT2D eigenvalue weighted by Crippen LogP contribution is 2.26. The molecular weight excluding hydrogens is 364 g/mol. The summed E-state index contributed by atoms with van der Waals surface area (Å²) < 4.78 is 6.92. The highest BCUT2D eigenvalue weighted by molar-refractivity contribution is 7.99. The number of thioether (sulfide) groups is 1. The van der Waals surface area contributed by atoms with Crippen LogP contribution in [0.25, 0.3) is 11.0 Å². The van der Waals surface area contributed by atoms with E-state index in [1.165, 1.54) is 0 Å². The third-order valence-corrected chi connectivity index (χ3v) is 4.57. The second kappa shape index (κ2) is 9.36. The molecule has 2 aromatic rings. The summed E-state index contributed by atoms with van der Waals surface area (Å²) >= 11 is 1.61. The van der Waals surface area contributed by atoms with E-state index in [0.717, 1.165) is 16.9 Å². The highest BCUT2D eigenvalue weighted by Gasteiger charge is 2.20. The molecule has 9 heteroatoms. The van der Waals surface area contributed by atoms with Crippen molar-refractivity contribution in [3.8, 4) is 0 Å². The van der Waals surface area contributed by atoms with Gasteiger partial charge in [-0.2, -0.15) is 5.10 Å². The van der Waals surface area contributed by atoms with Gasteiger partial charge in [0.1, 0.15) is 5.82 Å². The Bertz CT molecular complexity index is 769. The SMILES string of the molecule is COCCNc1nc(SC(C)C)nc2c1cnn2CCNC(=O)C(C)(C)C. The first-order valence-corrected chi connectivity index (χ1v) is 10.0. The van der Waals surface area contributed by atoms with Crippen LogP contribution in [0.15, 0.2) is 11.4 Å². The van der Waals surface area contributed by atoms with Gasteiger partial charge in [-0.3, -0.25) is 4.79 Å². The molecule has 2 rings (SSSR count). The molecule has 0 aromatic carbocycles. The van der Waals surface area contributed by atoms with Gasteiger partial charge in [-0.25, -0.2) is 14.6 Å². The fraction of sp³-hybridized carbons (Fsp3) is 0.667. The molecule has 2 N–H and O–H groups in total. The molecule has 1 amide bonds. The quantitative estimate of drug-likeness (QED) is 0.383. The first-order valence-electron chi connectivity index (χ1n) is 9.13. The van der Waals surface area contributed by atoms with Crippen LogP contribution < -0.4 is 10.6 Å². The van der Waals surface area contributed by atoms with Gasteiger partial charge in [0.25, 0.3) is 0 Å². The predicted molar refractivity (Wildman–Crippen MR) is 109 cm³/mol. The summed E-state index contributed by atoms with van der Waals surface area (Å²) in [4.78, 5) is 21.3. The third kappa shape index (κ3) is 6.07. The van der Waals surface area contributed by atoms with Crippen LogP contribution in [0.2, 0.25) is 0 Å². The zero-order valence-corrected chi connectivity index (χ0v) is 17.8. The van der Waals surface area contributed by atoms with Gasteiger partial charge < -0.3 is 15.4 Å². The van der Waals surface area contributed by atoms with E-state index in [9.17, 15) is 4.79 Å². The van der Waals surface area contributed by atoms with E-state index in [1.54, 1.807) is 25.1 Å². The first kappa shape index (κ1) is 21.4. The van der Waals surface area contributed by atoms with Crippen LogP contribution in [0.3, 0.4) is 0 Å². The van der Waals surface area contributed by atoms with Gasteiger partial charge in [0.15, 0.2) is 10.8 Å². The molecule has 0 aliphatic carbocycles. The van der Waals surface area contributed by atoms with E-state index < -0.39 is 5.41 Å². The monoisotopic (exact) mass is 394 g/mol. The number of nitrogens with one attached hydrogen (secondary N) is 2. The lowest BCUT2D eigenvalue weighted by Gasteiger charge is -2.17. The molecule has 0 aliphatic rings. The van der Waals surface area contributed by atoms with Crippen molar-refractivity contribution in [2.75, 3.05) is 32.1 Å². The van der Waals surface area contributed by atoms with E-state index in [4.69, 9.17) is 4.74 Å². The molecule has 0 atom stereocenters. The molecule has 0 saturated carbocycles. The summed E-state index contributed by atoms with van der Waals surface area (Å²) in [5.41, 5.74) is 0.353. The molecule has 0 fully saturated rings. The fourth-order valence-corrected chi connectivity index (χ4v) is 3.01. The molecule has 0 radical (unpaired) electrons. The van der Waals surface area contributed by atoms with Crippen molar-refractivity contribution in [3.63, 3.8) is 0 Å². The number of ether oxygens (including phenoxy) is 1. The minimum absolute atomic E-state index is 0.0200. The number of hydrogen-bond donors (Lipinski definition) is 2. The number of methoxy groups -OCH3 is 1. The maximum atomic E-state index is 12.0. The molecule has 8 nitrogen and oxygen atoms in total. The van der Waals surface area contributed by atoms with Crippen molar-refractivity contribution >= 4 is 34.5 Å². The van der Waals surface area contributed by atoms with Crippen LogP contribution in [-0.4, -0.2) is 57.7 Å². The lowest BCUT2D eigenvalue weighted by molar-refractivity contribution is -0.128. The summed E-state index contributed by atoms with van der Waals surface area (Å²) in [6.07, 6.45) is 1.76. The number of aromatic nitrogens is 4. The third-order valence-electron chi connectivity index (χ3n) is 3.71. The summed E-state index contributed by atoms with van der Waals surface area (Å²) in [7, 11) is 1.67. The summed E-state index contributed by atoms with van der Waals surface area (Å²) in [6, 6.07) is 0. The predicted octanol–water partition coefficient (Wildman–Crippen LogP) is 2.55. The molecular formula is C18H30N6O2S. The van der Waals surface area contributed by atoms with Crippen LogP contribution in [0.1, 0.15) is 34.6 Å². The van der Waals surface area contributed by atoms with E-state index in [1.807, 2.05) is 25.5 Å². The minimum atomic E-state index is -0.409. The largest absolute Gasteiger partial charge is 0.383 e. The van der Waals surface area contributed by atoms with E-state index in [2.05, 4.69) is 39.5 Å². The summed E-state index contributed by atoms with van der Waals surface area (Å²) in [5, 5.41) is 12.6. The standard InChI is InChI=1S/C18H30N6O2S/c1-12(2)27-17-22-14(19-8-10-26-6)13-11-21-24(15(13)23-17)9-7-20-16(25)18(3,4)5/h11-12H,7-10H2,1-6H3,(H,20,25)(H,19,22,23). The number of fused-ring (bicyclic) bond motifs is 1. The van der Waals surface area contributed by atoms with E-state index >= 15 is 0 Å². The van der Waals surface area contributed by atoms with Gasteiger partial charge in [0, 0.05) is 30.9 Å². The molecule has 0 saturated heterocycles.